The molecular formula is C19H16Cl2FN3O3. The van der Waals surface area contributed by atoms with Gasteiger partial charge in [0.05, 0.1) is 24.3 Å². The summed E-state index contributed by atoms with van der Waals surface area (Å²) in [6.45, 7) is 1.61. The zero-order chi connectivity index (χ0) is 20.1. The first kappa shape index (κ1) is 19.1. The fourth-order valence-corrected chi connectivity index (χ4v) is 3.96. The number of nitrogens with zero attached hydrogens (tertiary/aromatic N) is 3. The van der Waals surface area contributed by atoms with Crippen LogP contribution in [-0.4, -0.2) is 47.0 Å². The topological polar surface area (TPSA) is 62.7 Å². The maximum absolute atomic E-state index is 14.4. The molecule has 0 bridgehead atoms. The lowest BCUT2D eigenvalue weighted by atomic mass is 9.87. The van der Waals surface area contributed by atoms with Crippen LogP contribution in [0.2, 0.25) is 10.0 Å². The van der Waals surface area contributed by atoms with Crippen LogP contribution in [0.15, 0.2) is 36.5 Å². The van der Waals surface area contributed by atoms with Crippen LogP contribution in [0.25, 0.3) is 0 Å². The number of halogens is 3. The van der Waals surface area contributed by atoms with Crippen molar-refractivity contribution in [2.24, 2.45) is 0 Å². The second kappa shape index (κ2) is 6.99. The normalized spacial score (nSPS) is 19.7. The van der Waals surface area contributed by atoms with Crippen molar-refractivity contribution < 1.29 is 18.7 Å². The third-order valence-corrected chi connectivity index (χ3v) is 5.59. The van der Waals surface area contributed by atoms with Crippen molar-refractivity contribution in [1.82, 2.24) is 9.88 Å². The number of anilines is 1. The molecule has 146 valence electrons. The second-order valence-electron chi connectivity index (χ2n) is 6.87. The molecule has 1 aromatic carbocycles. The highest BCUT2D eigenvalue weighted by atomic mass is 35.5. The Labute approximate surface area is 170 Å². The van der Waals surface area contributed by atoms with Gasteiger partial charge in [0, 0.05) is 11.2 Å². The molecule has 9 heteroatoms. The van der Waals surface area contributed by atoms with Crippen LogP contribution in [0.5, 0.6) is 0 Å². The summed E-state index contributed by atoms with van der Waals surface area (Å²) in [5.74, 6) is -1.72. The van der Waals surface area contributed by atoms with Crippen molar-refractivity contribution in [3.05, 3.63) is 58.0 Å². The van der Waals surface area contributed by atoms with Crippen molar-refractivity contribution in [1.29, 1.82) is 0 Å². The fraction of sp³-hybridized carbons (Fsp3) is 0.316. The van der Waals surface area contributed by atoms with E-state index in [0.717, 1.165) is 16.5 Å². The van der Waals surface area contributed by atoms with E-state index >= 15 is 0 Å². The van der Waals surface area contributed by atoms with Gasteiger partial charge in [-0.25, -0.2) is 9.37 Å². The fourth-order valence-electron chi connectivity index (χ4n) is 3.69. The van der Waals surface area contributed by atoms with Crippen molar-refractivity contribution >= 4 is 40.8 Å². The smallest absolute Gasteiger partial charge is 0.259 e. The molecule has 6 nitrogen and oxygen atoms in total. The Kier molecular flexibility index (Phi) is 4.77. The molecule has 0 radical (unpaired) electrons. The van der Waals surface area contributed by atoms with E-state index in [2.05, 4.69) is 4.98 Å². The minimum absolute atomic E-state index is 0.0429. The molecule has 1 aromatic heterocycles. The number of rotatable bonds is 3. The van der Waals surface area contributed by atoms with Crippen LogP contribution in [0.1, 0.15) is 18.5 Å². The van der Waals surface area contributed by atoms with Gasteiger partial charge in [-0.1, -0.05) is 35.3 Å². The van der Waals surface area contributed by atoms with Crippen LogP contribution in [-0.2, 0) is 14.3 Å². The molecule has 2 aromatic rings. The van der Waals surface area contributed by atoms with E-state index in [9.17, 15) is 14.0 Å². The molecule has 3 heterocycles. The highest BCUT2D eigenvalue weighted by molar-refractivity contribution is 6.30. The number of carbonyl (C=O) groups is 2. The standard InChI is InChI=1S/C19H16Cl2FN3O3/c1-11(12-2-4-13(20)5-3-12)25-16(26)8-24(18(27)19(25)9-28-10-19)17-15(22)6-14(21)7-23-17/h2-7,11H,8-10H2,1H3/t11-/m0/s1. The molecule has 1 spiro atoms. The Balaban J connectivity index is 1.71. The molecule has 2 fully saturated rings. The van der Waals surface area contributed by atoms with Crippen LogP contribution in [0.3, 0.4) is 0 Å². The minimum atomic E-state index is -1.19. The van der Waals surface area contributed by atoms with Gasteiger partial charge in [0.25, 0.3) is 5.91 Å². The second-order valence-corrected chi connectivity index (χ2v) is 7.74. The van der Waals surface area contributed by atoms with Gasteiger partial charge in [0.15, 0.2) is 17.2 Å². The van der Waals surface area contributed by atoms with Crippen molar-refractivity contribution in [3.63, 3.8) is 0 Å². The number of hydrogen-bond donors (Lipinski definition) is 0. The predicted molar refractivity (Wildman–Crippen MR) is 102 cm³/mol. The summed E-state index contributed by atoms with van der Waals surface area (Å²) in [4.78, 5) is 32.9. The molecule has 0 saturated carbocycles. The summed E-state index contributed by atoms with van der Waals surface area (Å²) in [5, 5.41) is 0.686. The molecule has 0 aliphatic carbocycles. The number of carbonyl (C=O) groups excluding carboxylic acids is 2. The summed E-state index contributed by atoms with van der Waals surface area (Å²) in [6.07, 6.45) is 1.24. The van der Waals surface area contributed by atoms with Crippen molar-refractivity contribution in [2.75, 3.05) is 24.7 Å². The van der Waals surface area contributed by atoms with Gasteiger partial charge >= 0.3 is 0 Å². The van der Waals surface area contributed by atoms with E-state index < -0.39 is 17.3 Å². The Morgan fingerprint density at radius 1 is 1.18 bits per heavy atom. The Morgan fingerprint density at radius 3 is 2.43 bits per heavy atom. The third kappa shape index (κ3) is 2.94. The van der Waals surface area contributed by atoms with Gasteiger partial charge in [0.2, 0.25) is 5.91 Å². The van der Waals surface area contributed by atoms with Crippen LogP contribution in [0.4, 0.5) is 10.2 Å². The first-order valence-electron chi connectivity index (χ1n) is 8.62. The number of pyridine rings is 1. The maximum atomic E-state index is 14.4. The molecule has 1 atom stereocenters. The average Bonchev–Trinajstić information content (AvgIpc) is 2.62. The van der Waals surface area contributed by atoms with Crippen molar-refractivity contribution in [2.45, 2.75) is 18.5 Å². The molecule has 28 heavy (non-hydrogen) atoms. The summed E-state index contributed by atoms with van der Waals surface area (Å²) >= 11 is 11.7. The summed E-state index contributed by atoms with van der Waals surface area (Å²) in [6, 6.07) is 7.76. The summed E-state index contributed by atoms with van der Waals surface area (Å²) in [5.41, 5.74) is -0.358. The molecule has 2 saturated heterocycles. The lowest BCUT2D eigenvalue weighted by molar-refractivity contribution is -0.188. The summed E-state index contributed by atoms with van der Waals surface area (Å²) < 4.78 is 19.7. The molecular weight excluding hydrogens is 408 g/mol. The van der Waals surface area contributed by atoms with E-state index in [1.165, 1.54) is 11.1 Å². The zero-order valence-electron chi connectivity index (χ0n) is 14.9. The van der Waals surface area contributed by atoms with Crippen LogP contribution < -0.4 is 4.90 Å². The SMILES string of the molecule is C[C@@H](c1ccc(Cl)cc1)N1C(=O)CN(c2ncc(Cl)cc2F)C(=O)C12COC2. The highest BCUT2D eigenvalue weighted by Gasteiger charge is 2.59. The first-order chi connectivity index (χ1) is 13.3. The number of hydrogen-bond acceptors (Lipinski definition) is 4. The number of ether oxygens (including phenoxy) is 1. The van der Waals surface area contributed by atoms with E-state index in [1.807, 2.05) is 19.1 Å². The molecule has 2 amide bonds. The van der Waals surface area contributed by atoms with Gasteiger partial charge < -0.3 is 9.64 Å². The molecule has 2 aliphatic heterocycles. The van der Waals surface area contributed by atoms with Crippen LogP contribution in [0, 0.1) is 5.82 Å². The van der Waals surface area contributed by atoms with Crippen LogP contribution >= 0.6 is 23.2 Å². The highest BCUT2D eigenvalue weighted by Crippen LogP contribution is 2.39. The number of piperazine rings is 1. The van der Waals surface area contributed by atoms with E-state index in [1.54, 1.807) is 12.1 Å². The van der Waals surface area contributed by atoms with Gasteiger partial charge in [0.1, 0.15) is 6.54 Å². The molecule has 0 unspecified atom stereocenters. The van der Waals surface area contributed by atoms with Gasteiger partial charge in [-0.2, -0.15) is 0 Å². The predicted octanol–water partition coefficient (Wildman–Crippen LogP) is 3.23. The van der Waals surface area contributed by atoms with Gasteiger partial charge in [-0.3, -0.25) is 14.5 Å². The maximum Gasteiger partial charge on any atom is 0.259 e. The largest absolute Gasteiger partial charge is 0.375 e. The zero-order valence-corrected chi connectivity index (χ0v) is 16.4. The quantitative estimate of drug-likeness (QED) is 0.759. The Morgan fingerprint density at radius 2 is 1.86 bits per heavy atom. The van der Waals surface area contributed by atoms with E-state index in [-0.39, 0.29) is 42.5 Å². The Bertz CT molecular complexity index is 950. The Hall–Kier alpha value is -2.22. The van der Waals surface area contributed by atoms with E-state index in [0.29, 0.717) is 5.02 Å². The molecule has 2 aliphatic rings. The first-order valence-corrected chi connectivity index (χ1v) is 9.37. The molecule has 0 N–H and O–H groups in total. The number of aromatic nitrogens is 1. The monoisotopic (exact) mass is 423 g/mol. The number of benzene rings is 1. The van der Waals surface area contributed by atoms with Gasteiger partial charge in [-0.05, 0) is 30.7 Å². The molecule has 4 rings (SSSR count). The average molecular weight is 424 g/mol. The van der Waals surface area contributed by atoms with E-state index in [4.69, 9.17) is 27.9 Å². The third-order valence-electron chi connectivity index (χ3n) is 5.13. The minimum Gasteiger partial charge on any atom is -0.375 e. The lowest BCUT2D eigenvalue weighted by Crippen LogP contribution is -2.76. The van der Waals surface area contributed by atoms with Gasteiger partial charge in [-0.15, -0.1) is 0 Å². The number of amides is 2. The van der Waals surface area contributed by atoms with Crippen molar-refractivity contribution in [3.8, 4) is 0 Å². The summed E-state index contributed by atoms with van der Waals surface area (Å²) in [7, 11) is 0. The lowest BCUT2D eigenvalue weighted by Gasteiger charge is -2.54.